The summed E-state index contributed by atoms with van der Waals surface area (Å²) in [6.45, 7) is 1.82. The van der Waals surface area contributed by atoms with Crippen LogP contribution in [-0.2, 0) is 4.74 Å². The van der Waals surface area contributed by atoms with Crippen LogP contribution in [0.15, 0.2) is 0 Å². The molecule has 0 amide bonds. The quantitative estimate of drug-likeness (QED) is 0.647. The lowest BCUT2D eigenvalue weighted by Crippen LogP contribution is -2.28. The molecule has 0 radical (unpaired) electrons. The first kappa shape index (κ1) is 8.52. The summed E-state index contributed by atoms with van der Waals surface area (Å²) in [6, 6.07) is 0. The van der Waals surface area contributed by atoms with Crippen LogP contribution >= 0.6 is 0 Å². The van der Waals surface area contributed by atoms with Gasteiger partial charge in [-0.25, -0.2) is 0 Å². The van der Waals surface area contributed by atoms with Crippen molar-refractivity contribution < 1.29 is 9.84 Å². The largest absolute Gasteiger partial charge is 0.393 e. The molecule has 70 valence electrons. The van der Waals surface area contributed by atoms with Gasteiger partial charge in [-0.2, -0.15) is 0 Å². The Morgan fingerprint density at radius 2 is 1.75 bits per heavy atom. The maximum Gasteiger partial charge on any atom is 0.0571 e. The van der Waals surface area contributed by atoms with E-state index in [2.05, 4.69) is 0 Å². The molecule has 2 rings (SSSR count). The fraction of sp³-hybridized carbons (Fsp3) is 1.00. The molecule has 2 nitrogen and oxygen atoms in total. The lowest BCUT2D eigenvalue weighted by Gasteiger charge is -2.29. The van der Waals surface area contributed by atoms with E-state index in [4.69, 9.17) is 4.74 Å². The van der Waals surface area contributed by atoms with Crippen molar-refractivity contribution in [3.63, 3.8) is 0 Å². The second-order valence-electron chi connectivity index (χ2n) is 4.11. The Hall–Kier alpha value is -0.0800. The summed E-state index contributed by atoms with van der Waals surface area (Å²) < 4.78 is 5.31. The van der Waals surface area contributed by atoms with Gasteiger partial charge in [-0.3, -0.25) is 0 Å². The highest BCUT2D eigenvalue weighted by molar-refractivity contribution is 4.83. The Bertz CT molecular complexity index is 141. The van der Waals surface area contributed by atoms with E-state index in [0.29, 0.717) is 5.92 Å². The second kappa shape index (κ2) is 3.75. The molecule has 0 spiro atoms. The molecule has 2 aliphatic rings. The Morgan fingerprint density at radius 3 is 2.33 bits per heavy atom. The molecular formula is C10H18O2. The minimum atomic E-state index is -0.00639. The third kappa shape index (κ3) is 1.64. The summed E-state index contributed by atoms with van der Waals surface area (Å²) >= 11 is 0. The maximum absolute atomic E-state index is 9.70. The third-order valence-corrected chi connectivity index (χ3v) is 3.40. The minimum Gasteiger partial charge on any atom is -0.393 e. The molecule has 12 heavy (non-hydrogen) atoms. The topological polar surface area (TPSA) is 29.5 Å². The molecule has 1 aliphatic heterocycles. The van der Waals surface area contributed by atoms with E-state index in [-0.39, 0.29) is 6.10 Å². The monoisotopic (exact) mass is 170 g/mol. The van der Waals surface area contributed by atoms with Gasteiger partial charge >= 0.3 is 0 Å². The number of ether oxygens (including phenoxy) is 1. The van der Waals surface area contributed by atoms with Gasteiger partial charge < -0.3 is 9.84 Å². The van der Waals surface area contributed by atoms with Gasteiger partial charge in [0.05, 0.1) is 6.10 Å². The van der Waals surface area contributed by atoms with E-state index in [0.717, 1.165) is 25.6 Å². The van der Waals surface area contributed by atoms with Crippen molar-refractivity contribution in [2.75, 3.05) is 13.2 Å². The Kier molecular flexibility index (Phi) is 2.66. The first-order valence-corrected chi connectivity index (χ1v) is 5.14. The van der Waals surface area contributed by atoms with Gasteiger partial charge in [0, 0.05) is 13.2 Å². The molecule has 1 saturated heterocycles. The standard InChI is InChI=1S/C10H18O2/c11-10-3-1-2-9(10)8-4-6-12-7-5-8/h8-11H,1-7H2. The van der Waals surface area contributed by atoms with Crippen LogP contribution in [0.2, 0.25) is 0 Å². The summed E-state index contributed by atoms with van der Waals surface area (Å²) in [5.41, 5.74) is 0. The van der Waals surface area contributed by atoms with Crippen molar-refractivity contribution in [2.24, 2.45) is 11.8 Å². The molecule has 2 unspecified atom stereocenters. The van der Waals surface area contributed by atoms with Crippen LogP contribution < -0.4 is 0 Å². The molecule has 0 aromatic carbocycles. The molecular weight excluding hydrogens is 152 g/mol. The van der Waals surface area contributed by atoms with Crippen LogP contribution in [0.5, 0.6) is 0 Å². The highest BCUT2D eigenvalue weighted by atomic mass is 16.5. The normalized spacial score (nSPS) is 38.8. The Labute approximate surface area is 73.9 Å². The molecule has 0 bridgehead atoms. The van der Waals surface area contributed by atoms with Gasteiger partial charge in [-0.1, -0.05) is 6.42 Å². The van der Waals surface area contributed by atoms with E-state index in [9.17, 15) is 5.11 Å². The second-order valence-corrected chi connectivity index (χ2v) is 4.11. The fourth-order valence-electron chi connectivity index (χ4n) is 2.66. The number of aliphatic hydroxyl groups excluding tert-OH is 1. The molecule has 2 atom stereocenters. The first-order chi connectivity index (χ1) is 5.88. The average molecular weight is 170 g/mol. The van der Waals surface area contributed by atoms with E-state index in [1.807, 2.05) is 0 Å². The van der Waals surface area contributed by atoms with Gasteiger partial charge in [0.15, 0.2) is 0 Å². The van der Waals surface area contributed by atoms with Crippen molar-refractivity contribution >= 4 is 0 Å². The molecule has 1 saturated carbocycles. The Morgan fingerprint density at radius 1 is 1.00 bits per heavy atom. The SMILES string of the molecule is OC1CCCC1C1CCOCC1. The molecule has 2 heteroatoms. The van der Waals surface area contributed by atoms with Crippen molar-refractivity contribution in [3.05, 3.63) is 0 Å². The maximum atomic E-state index is 9.70. The summed E-state index contributed by atoms with van der Waals surface area (Å²) in [5.74, 6) is 1.34. The highest BCUT2D eigenvalue weighted by Gasteiger charge is 2.32. The first-order valence-electron chi connectivity index (χ1n) is 5.14. The third-order valence-electron chi connectivity index (χ3n) is 3.40. The Balaban J connectivity index is 1.89. The zero-order valence-electron chi connectivity index (χ0n) is 7.54. The predicted molar refractivity (Wildman–Crippen MR) is 46.9 cm³/mol. The van der Waals surface area contributed by atoms with Gasteiger partial charge in [0.1, 0.15) is 0 Å². The average Bonchev–Trinajstić information content (AvgIpc) is 2.53. The van der Waals surface area contributed by atoms with Gasteiger partial charge in [-0.15, -0.1) is 0 Å². The summed E-state index contributed by atoms with van der Waals surface area (Å²) in [4.78, 5) is 0. The van der Waals surface area contributed by atoms with Gasteiger partial charge in [0.2, 0.25) is 0 Å². The number of aliphatic hydroxyl groups is 1. The van der Waals surface area contributed by atoms with Gasteiger partial charge in [0.25, 0.3) is 0 Å². The zero-order chi connectivity index (χ0) is 8.39. The van der Waals surface area contributed by atoms with Crippen LogP contribution in [0.25, 0.3) is 0 Å². The zero-order valence-corrected chi connectivity index (χ0v) is 7.54. The molecule has 1 N–H and O–H groups in total. The van der Waals surface area contributed by atoms with Crippen LogP contribution in [-0.4, -0.2) is 24.4 Å². The van der Waals surface area contributed by atoms with Crippen LogP contribution in [0.4, 0.5) is 0 Å². The molecule has 0 aromatic rings. The van der Waals surface area contributed by atoms with Gasteiger partial charge in [-0.05, 0) is 37.5 Å². The fourth-order valence-corrected chi connectivity index (χ4v) is 2.66. The van der Waals surface area contributed by atoms with E-state index in [1.54, 1.807) is 0 Å². The lowest BCUT2D eigenvalue weighted by atomic mass is 9.84. The molecule has 1 aliphatic carbocycles. The predicted octanol–water partition coefficient (Wildman–Crippen LogP) is 1.57. The number of rotatable bonds is 1. The number of hydrogen-bond acceptors (Lipinski definition) is 2. The van der Waals surface area contributed by atoms with Crippen LogP contribution in [0, 0.1) is 11.8 Å². The van der Waals surface area contributed by atoms with Crippen molar-refractivity contribution in [2.45, 2.75) is 38.2 Å². The molecule has 1 heterocycles. The van der Waals surface area contributed by atoms with E-state index >= 15 is 0 Å². The molecule has 0 aromatic heterocycles. The summed E-state index contributed by atoms with van der Waals surface area (Å²) in [5, 5.41) is 9.70. The lowest BCUT2D eigenvalue weighted by molar-refractivity contribution is 0.0165. The van der Waals surface area contributed by atoms with E-state index in [1.165, 1.54) is 25.7 Å². The minimum absolute atomic E-state index is 0.00639. The summed E-state index contributed by atoms with van der Waals surface area (Å²) in [7, 11) is 0. The number of hydrogen-bond donors (Lipinski definition) is 1. The summed E-state index contributed by atoms with van der Waals surface area (Å²) in [6.07, 6.45) is 5.83. The smallest absolute Gasteiger partial charge is 0.0571 e. The van der Waals surface area contributed by atoms with Crippen molar-refractivity contribution in [1.82, 2.24) is 0 Å². The van der Waals surface area contributed by atoms with Crippen molar-refractivity contribution in [3.8, 4) is 0 Å². The van der Waals surface area contributed by atoms with Crippen molar-refractivity contribution in [1.29, 1.82) is 0 Å². The van der Waals surface area contributed by atoms with Crippen LogP contribution in [0.1, 0.15) is 32.1 Å². The molecule has 2 fully saturated rings. The highest BCUT2D eigenvalue weighted by Crippen LogP contribution is 2.36. The van der Waals surface area contributed by atoms with E-state index < -0.39 is 0 Å². The van der Waals surface area contributed by atoms with Crippen LogP contribution in [0.3, 0.4) is 0 Å².